The van der Waals surface area contributed by atoms with Crippen LogP contribution in [0.15, 0.2) is 48.7 Å². The van der Waals surface area contributed by atoms with Gasteiger partial charge in [-0.2, -0.15) is 0 Å². The zero-order valence-corrected chi connectivity index (χ0v) is 15.4. The van der Waals surface area contributed by atoms with Crippen molar-refractivity contribution in [2.45, 2.75) is 25.9 Å². The van der Waals surface area contributed by atoms with Gasteiger partial charge in [0.25, 0.3) is 5.82 Å². The van der Waals surface area contributed by atoms with E-state index >= 15 is 0 Å². The van der Waals surface area contributed by atoms with Gasteiger partial charge < -0.3 is 0 Å². The number of halogens is 3. The van der Waals surface area contributed by atoms with Crippen LogP contribution in [0.2, 0.25) is 10.0 Å². The Hall–Kier alpha value is -2.17. The molecule has 0 saturated heterocycles. The van der Waals surface area contributed by atoms with E-state index in [1.165, 1.54) is 12.1 Å². The van der Waals surface area contributed by atoms with E-state index in [9.17, 15) is 9.18 Å². The lowest BCUT2D eigenvalue weighted by Gasteiger charge is -2.02. The summed E-state index contributed by atoms with van der Waals surface area (Å²) in [6.07, 6.45) is 3.92. The van der Waals surface area contributed by atoms with E-state index in [1.54, 1.807) is 30.3 Å². The standard InChI is InChI=1S/C20H16Cl2FN2O/c21-16-8-5-14(10-17(16)22)19(26)12-24-11-18(25-9-1-2-20(24)25)13-3-6-15(23)7-4-13/h3-8,10-11H,1-2,9,12H2/q+1. The molecule has 1 aliphatic rings. The Balaban J connectivity index is 1.67. The minimum absolute atomic E-state index is 0.0282. The molecule has 2 aromatic carbocycles. The Labute approximate surface area is 160 Å². The first-order valence-corrected chi connectivity index (χ1v) is 9.14. The second-order valence-corrected chi connectivity index (χ2v) is 7.19. The van der Waals surface area contributed by atoms with Gasteiger partial charge in [-0.15, -0.1) is 0 Å². The fourth-order valence-corrected chi connectivity index (χ4v) is 3.71. The molecule has 0 aliphatic carbocycles. The summed E-state index contributed by atoms with van der Waals surface area (Å²) in [6, 6.07) is 11.4. The van der Waals surface area contributed by atoms with E-state index in [-0.39, 0.29) is 18.1 Å². The third kappa shape index (κ3) is 3.15. The van der Waals surface area contributed by atoms with Crippen LogP contribution in [0.1, 0.15) is 22.6 Å². The Morgan fingerprint density at radius 3 is 2.62 bits per heavy atom. The smallest absolute Gasteiger partial charge is 0.257 e. The summed E-state index contributed by atoms with van der Waals surface area (Å²) in [4.78, 5) is 12.7. The molecular weight excluding hydrogens is 374 g/mol. The van der Waals surface area contributed by atoms with Gasteiger partial charge in [0, 0.05) is 11.1 Å². The van der Waals surface area contributed by atoms with Crippen molar-refractivity contribution in [1.29, 1.82) is 0 Å². The Morgan fingerprint density at radius 1 is 1.12 bits per heavy atom. The van der Waals surface area contributed by atoms with Gasteiger partial charge in [-0.25, -0.2) is 13.5 Å². The Morgan fingerprint density at radius 2 is 1.88 bits per heavy atom. The number of aromatic nitrogens is 2. The normalized spacial score (nSPS) is 13.0. The minimum Gasteiger partial charge on any atom is -0.290 e. The number of hydrogen-bond donors (Lipinski definition) is 0. The largest absolute Gasteiger partial charge is 0.290 e. The predicted octanol–water partition coefficient (Wildman–Crippen LogP) is 4.72. The molecular formula is C20H16Cl2FN2O+. The van der Waals surface area contributed by atoms with Crippen LogP contribution in [-0.4, -0.2) is 10.4 Å². The summed E-state index contributed by atoms with van der Waals surface area (Å²) < 4.78 is 17.4. The highest BCUT2D eigenvalue weighted by atomic mass is 35.5. The highest BCUT2D eigenvalue weighted by Gasteiger charge is 2.29. The summed E-state index contributed by atoms with van der Waals surface area (Å²) >= 11 is 12.0. The van der Waals surface area contributed by atoms with Gasteiger partial charge in [-0.3, -0.25) is 4.79 Å². The summed E-state index contributed by atoms with van der Waals surface area (Å²) in [5.41, 5.74) is 2.47. The van der Waals surface area contributed by atoms with Crippen molar-refractivity contribution < 1.29 is 13.8 Å². The predicted molar refractivity (Wildman–Crippen MR) is 99.1 cm³/mol. The zero-order chi connectivity index (χ0) is 18.3. The molecule has 4 rings (SSSR count). The van der Waals surface area contributed by atoms with E-state index in [2.05, 4.69) is 4.57 Å². The summed E-state index contributed by atoms with van der Waals surface area (Å²) in [7, 11) is 0. The molecule has 0 N–H and O–H groups in total. The Bertz CT molecular complexity index is 996. The van der Waals surface area contributed by atoms with Gasteiger partial charge in [0.2, 0.25) is 5.78 Å². The number of ketones is 1. The van der Waals surface area contributed by atoms with Gasteiger partial charge in [0.15, 0.2) is 12.2 Å². The lowest BCUT2D eigenvalue weighted by Crippen LogP contribution is -2.40. The Kier molecular flexibility index (Phi) is 4.55. The van der Waals surface area contributed by atoms with Crippen molar-refractivity contribution in [3.05, 3.63) is 75.9 Å². The first-order chi connectivity index (χ1) is 12.5. The monoisotopic (exact) mass is 389 g/mol. The molecule has 1 aliphatic heterocycles. The van der Waals surface area contributed by atoms with Crippen LogP contribution in [0, 0.1) is 5.82 Å². The number of carbonyl (C=O) groups is 1. The van der Waals surface area contributed by atoms with Crippen molar-refractivity contribution in [3.8, 4) is 11.3 Å². The van der Waals surface area contributed by atoms with Gasteiger partial charge in [-0.1, -0.05) is 23.2 Å². The van der Waals surface area contributed by atoms with Crippen molar-refractivity contribution in [2.24, 2.45) is 0 Å². The molecule has 0 fully saturated rings. The number of nitrogens with zero attached hydrogens (tertiary/aromatic N) is 2. The van der Waals surface area contributed by atoms with Crippen molar-refractivity contribution in [2.75, 3.05) is 0 Å². The quantitative estimate of drug-likeness (QED) is 0.468. The molecule has 2 heterocycles. The van der Waals surface area contributed by atoms with Crippen LogP contribution < -0.4 is 4.57 Å². The molecule has 1 aromatic heterocycles. The van der Waals surface area contributed by atoms with Crippen LogP contribution in [0.3, 0.4) is 0 Å². The average Bonchev–Trinajstić information content (AvgIpc) is 3.22. The number of benzene rings is 2. The number of Topliss-reactive ketones (excluding diaryl/α,β-unsaturated/α-hetero) is 1. The number of imidazole rings is 1. The molecule has 0 unspecified atom stereocenters. The minimum atomic E-state index is -0.260. The zero-order valence-electron chi connectivity index (χ0n) is 13.9. The van der Waals surface area contributed by atoms with Crippen molar-refractivity contribution in [1.82, 2.24) is 4.57 Å². The van der Waals surface area contributed by atoms with Gasteiger partial charge in [0.1, 0.15) is 12.0 Å². The van der Waals surface area contributed by atoms with E-state index < -0.39 is 0 Å². The van der Waals surface area contributed by atoms with Crippen LogP contribution in [0.25, 0.3) is 11.3 Å². The molecule has 0 radical (unpaired) electrons. The molecule has 3 aromatic rings. The molecule has 0 bridgehead atoms. The van der Waals surface area contributed by atoms with E-state index in [0.29, 0.717) is 15.6 Å². The topological polar surface area (TPSA) is 25.9 Å². The van der Waals surface area contributed by atoms with Crippen molar-refractivity contribution in [3.63, 3.8) is 0 Å². The third-order valence-corrected chi connectivity index (χ3v) is 5.43. The van der Waals surface area contributed by atoms with Gasteiger partial charge in [0.05, 0.1) is 23.0 Å². The second-order valence-electron chi connectivity index (χ2n) is 6.37. The molecule has 132 valence electrons. The number of carbonyl (C=O) groups excluding carboxylic acids is 1. The lowest BCUT2D eigenvalue weighted by atomic mass is 10.1. The molecule has 0 amide bonds. The van der Waals surface area contributed by atoms with Crippen LogP contribution in [0.5, 0.6) is 0 Å². The summed E-state index contributed by atoms with van der Waals surface area (Å²) in [5, 5.41) is 0.802. The molecule has 0 saturated carbocycles. The first kappa shape index (κ1) is 17.3. The van der Waals surface area contributed by atoms with Gasteiger partial charge in [-0.05, 0) is 48.9 Å². The fraction of sp³-hybridized carbons (Fsp3) is 0.200. The summed E-state index contributed by atoms with van der Waals surface area (Å²) in [6.45, 7) is 1.13. The van der Waals surface area contributed by atoms with E-state index in [1.807, 2.05) is 10.8 Å². The molecule has 0 spiro atoms. The number of fused-ring (bicyclic) bond motifs is 1. The van der Waals surface area contributed by atoms with Gasteiger partial charge >= 0.3 is 0 Å². The number of hydrogen-bond acceptors (Lipinski definition) is 1. The molecule has 6 heteroatoms. The van der Waals surface area contributed by atoms with E-state index in [0.717, 1.165) is 36.5 Å². The van der Waals surface area contributed by atoms with Crippen LogP contribution in [-0.2, 0) is 19.5 Å². The fourth-order valence-electron chi connectivity index (χ4n) is 3.41. The molecule has 26 heavy (non-hydrogen) atoms. The highest BCUT2D eigenvalue weighted by molar-refractivity contribution is 6.42. The van der Waals surface area contributed by atoms with Crippen LogP contribution in [0.4, 0.5) is 4.39 Å². The second kappa shape index (κ2) is 6.86. The maximum atomic E-state index is 13.2. The maximum Gasteiger partial charge on any atom is 0.257 e. The third-order valence-electron chi connectivity index (χ3n) is 4.69. The van der Waals surface area contributed by atoms with Crippen LogP contribution >= 0.6 is 23.2 Å². The first-order valence-electron chi connectivity index (χ1n) is 8.39. The van der Waals surface area contributed by atoms with E-state index in [4.69, 9.17) is 23.2 Å². The number of rotatable bonds is 4. The molecule has 3 nitrogen and oxygen atoms in total. The average molecular weight is 390 g/mol. The van der Waals surface area contributed by atoms with Crippen molar-refractivity contribution >= 4 is 29.0 Å². The SMILES string of the molecule is O=C(C[n+]1cc(-c2ccc(F)cc2)n2c1CCC2)c1ccc(Cl)c(Cl)c1. The molecule has 0 atom stereocenters. The maximum absolute atomic E-state index is 13.2. The summed E-state index contributed by atoms with van der Waals surface area (Å²) in [5.74, 6) is 0.821. The highest BCUT2D eigenvalue weighted by Crippen LogP contribution is 2.26. The lowest BCUT2D eigenvalue weighted by molar-refractivity contribution is -0.689.